The molecule has 0 heterocycles. The molecule has 0 radical (unpaired) electrons. The summed E-state index contributed by atoms with van der Waals surface area (Å²) in [7, 11) is -1.73. The lowest BCUT2D eigenvalue weighted by Gasteiger charge is -2.20. The van der Waals surface area contributed by atoms with Crippen molar-refractivity contribution in [2.24, 2.45) is 0 Å². The lowest BCUT2D eigenvalue weighted by Crippen LogP contribution is -2.40. The molecule has 7 heteroatoms. The van der Waals surface area contributed by atoms with Gasteiger partial charge in [-0.1, -0.05) is 72.8 Å². The van der Waals surface area contributed by atoms with Crippen LogP contribution in [0.15, 0.2) is 84.9 Å². The summed E-state index contributed by atoms with van der Waals surface area (Å²) in [6.07, 6.45) is 0. The van der Waals surface area contributed by atoms with Gasteiger partial charge in [0.15, 0.2) is 9.84 Å². The maximum absolute atomic E-state index is 12.5. The summed E-state index contributed by atoms with van der Waals surface area (Å²) in [6.45, 7) is 0.0329. The average Bonchev–Trinajstić information content (AvgIpc) is 2.78. The number of amides is 2. The van der Waals surface area contributed by atoms with Crippen LogP contribution in [0.25, 0.3) is 0 Å². The number of rotatable bonds is 9. The largest absolute Gasteiger partial charge is 0.497 e. The van der Waals surface area contributed by atoms with Crippen molar-refractivity contribution in [1.29, 1.82) is 0 Å². The molecule has 0 spiro atoms. The highest BCUT2D eigenvalue weighted by molar-refractivity contribution is 7.90. The molecular formula is C24H26N2O4S. The number of hydrogen-bond donors (Lipinski definition) is 2. The highest BCUT2D eigenvalue weighted by Crippen LogP contribution is 2.24. The lowest BCUT2D eigenvalue weighted by molar-refractivity contribution is 0.239. The maximum atomic E-state index is 12.5. The van der Waals surface area contributed by atoms with Crippen LogP contribution in [0, 0.1) is 0 Å². The van der Waals surface area contributed by atoms with Crippen LogP contribution in [0.2, 0.25) is 0 Å². The van der Waals surface area contributed by atoms with Gasteiger partial charge < -0.3 is 15.4 Å². The molecule has 0 aliphatic heterocycles. The Morgan fingerprint density at radius 2 is 1.45 bits per heavy atom. The average molecular weight is 439 g/mol. The first-order chi connectivity index (χ1) is 15.0. The number of urea groups is 1. The van der Waals surface area contributed by atoms with E-state index in [1.165, 1.54) is 0 Å². The molecular weight excluding hydrogens is 412 g/mol. The van der Waals surface area contributed by atoms with Crippen molar-refractivity contribution in [1.82, 2.24) is 10.6 Å². The van der Waals surface area contributed by atoms with Gasteiger partial charge in [-0.2, -0.15) is 0 Å². The standard InChI is InChI=1S/C24H26N2O4S/c1-30-22-14-12-21(13-15-22)23(20-10-6-3-7-11-20)26-24(27)25-16-17-31(28,29)18-19-8-4-2-5-9-19/h2-15,23H,16-18H2,1H3,(H2,25,26,27)/t23-/m1/s1. The van der Waals surface area contributed by atoms with E-state index in [0.29, 0.717) is 0 Å². The Morgan fingerprint density at radius 3 is 2.06 bits per heavy atom. The van der Waals surface area contributed by atoms with Crippen LogP contribution < -0.4 is 15.4 Å². The van der Waals surface area contributed by atoms with Gasteiger partial charge in [0.2, 0.25) is 0 Å². The van der Waals surface area contributed by atoms with E-state index >= 15 is 0 Å². The first kappa shape index (κ1) is 22.4. The minimum absolute atomic E-state index is 0.0329. The summed E-state index contributed by atoms with van der Waals surface area (Å²) in [5.74, 6) is 0.548. The molecule has 2 amide bonds. The quantitative estimate of drug-likeness (QED) is 0.534. The smallest absolute Gasteiger partial charge is 0.315 e. The third kappa shape index (κ3) is 6.86. The van der Waals surface area contributed by atoms with Crippen molar-refractivity contribution in [3.63, 3.8) is 0 Å². The van der Waals surface area contributed by atoms with E-state index in [1.54, 1.807) is 31.4 Å². The molecule has 0 unspecified atom stereocenters. The molecule has 0 saturated heterocycles. The molecule has 0 aliphatic carbocycles. The highest BCUT2D eigenvalue weighted by atomic mass is 32.2. The van der Waals surface area contributed by atoms with Crippen LogP contribution in [0.5, 0.6) is 5.75 Å². The Bertz CT molecular complexity index is 1070. The van der Waals surface area contributed by atoms with Crippen molar-refractivity contribution in [2.45, 2.75) is 11.8 Å². The van der Waals surface area contributed by atoms with Crippen molar-refractivity contribution in [2.75, 3.05) is 19.4 Å². The molecule has 0 fully saturated rings. The number of ether oxygens (including phenoxy) is 1. The Balaban J connectivity index is 1.61. The van der Waals surface area contributed by atoms with Crippen LogP contribution in [0.4, 0.5) is 4.79 Å². The van der Waals surface area contributed by atoms with Gasteiger partial charge in [0.05, 0.1) is 24.7 Å². The topological polar surface area (TPSA) is 84.5 Å². The van der Waals surface area contributed by atoms with Crippen molar-refractivity contribution in [3.05, 3.63) is 102 Å². The summed E-state index contributed by atoms with van der Waals surface area (Å²) in [5.41, 5.74) is 2.54. The first-order valence-corrected chi connectivity index (χ1v) is 11.8. The van der Waals surface area contributed by atoms with E-state index in [2.05, 4.69) is 10.6 Å². The molecule has 3 rings (SSSR count). The third-order valence-electron chi connectivity index (χ3n) is 4.79. The molecule has 2 N–H and O–H groups in total. The Hall–Kier alpha value is -3.32. The van der Waals surface area contributed by atoms with Gasteiger partial charge in [-0.25, -0.2) is 13.2 Å². The molecule has 6 nitrogen and oxygen atoms in total. The van der Waals surface area contributed by atoms with E-state index < -0.39 is 15.9 Å². The fourth-order valence-electron chi connectivity index (χ4n) is 3.20. The fraction of sp³-hybridized carbons (Fsp3) is 0.208. The second-order valence-electron chi connectivity index (χ2n) is 7.09. The summed E-state index contributed by atoms with van der Waals surface area (Å²) < 4.78 is 29.9. The van der Waals surface area contributed by atoms with Crippen LogP contribution in [-0.2, 0) is 15.6 Å². The van der Waals surface area contributed by atoms with Gasteiger partial charge in [-0.05, 0) is 28.8 Å². The minimum atomic E-state index is -3.33. The minimum Gasteiger partial charge on any atom is -0.497 e. The monoisotopic (exact) mass is 438 g/mol. The molecule has 31 heavy (non-hydrogen) atoms. The number of benzene rings is 3. The number of hydrogen-bond acceptors (Lipinski definition) is 4. The predicted octanol–water partition coefficient (Wildman–Crippen LogP) is 3.70. The zero-order chi connectivity index (χ0) is 22.1. The molecule has 0 aromatic heterocycles. The molecule has 0 aliphatic rings. The molecule has 0 bridgehead atoms. The van der Waals surface area contributed by atoms with Crippen LogP contribution in [-0.4, -0.2) is 33.9 Å². The van der Waals surface area contributed by atoms with E-state index in [0.717, 1.165) is 22.4 Å². The molecule has 0 saturated carbocycles. The summed E-state index contributed by atoms with van der Waals surface area (Å²) in [6, 6.07) is 25.2. The molecule has 3 aromatic carbocycles. The van der Waals surface area contributed by atoms with Crippen LogP contribution in [0.3, 0.4) is 0 Å². The van der Waals surface area contributed by atoms with Gasteiger partial charge in [-0.3, -0.25) is 0 Å². The van der Waals surface area contributed by atoms with Gasteiger partial charge in [0.1, 0.15) is 5.75 Å². The van der Waals surface area contributed by atoms with E-state index in [4.69, 9.17) is 4.74 Å². The third-order valence-corrected chi connectivity index (χ3v) is 6.38. The van der Waals surface area contributed by atoms with E-state index in [9.17, 15) is 13.2 Å². The Labute approximate surface area is 183 Å². The predicted molar refractivity (Wildman–Crippen MR) is 122 cm³/mol. The number of carbonyl (C=O) groups is 1. The van der Waals surface area contributed by atoms with Gasteiger partial charge in [0.25, 0.3) is 0 Å². The zero-order valence-electron chi connectivity index (χ0n) is 17.3. The maximum Gasteiger partial charge on any atom is 0.315 e. The van der Waals surface area contributed by atoms with E-state index in [-0.39, 0.29) is 24.1 Å². The number of nitrogens with one attached hydrogen (secondary N) is 2. The lowest BCUT2D eigenvalue weighted by atomic mass is 9.99. The second-order valence-corrected chi connectivity index (χ2v) is 9.28. The molecule has 1 atom stereocenters. The number of methoxy groups -OCH3 is 1. The van der Waals surface area contributed by atoms with E-state index in [1.807, 2.05) is 60.7 Å². The first-order valence-electron chi connectivity index (χ1n) is 9.94. The molecule has 3 aromatic rings. The van der Waals surface area contributed by atoms with Gasteiger partial charge in [0, 0.05) is 6.54 Å². The Morgan fingerprint density at radius 1 is 0.871 bits per heavy atom. The second kappa shape index (κ2) is 10.6. The zero-order valence-corrected chi connectivity index (χ0v) is 18.1. The number of sulfone groups is 1. The van der Waals surface area contributed by atoms with Gasteiger partial charge >= 0.3 is 6.03 Å². The molecule has 162 valence electrons. The fourth-order valence-corrected chi connectivity index (χ4v) is 4.46. The Kier molecular flexibility index (Phi) is 7.67. The SMILES string of the molecule is COc1ccc([C@H](NC(=O)NCCS(=O)(=O)Cc2ccccc2)c2ccccc2)cc1. The normalized spacial score (nSPS) is 12.0. The van der Waals surface area contributed by atoms with Crippen molar-refractivity contribution in [3.8, 4) is 5.75 Å². The van der Waals surface area contributed by atoms with Crippen LogP contribution in [0.1, 0.15) is 22.7 Å². The summed E-state index contributed by atoms with van der Waals surface area (Å²) in [5, 5.41) is 5.60. The summed E-state index contributed by atoms with van der Waals surface area (Å²) in [4.78, 5) is 12.5. The summed E-state index contributed by atoms with van der Waals surface area (Å²) >= 11 is 0. The highest BCUT2D eigenvalue weighted by Gasteiger charge is 2.18. The van der Waals surface area contributed by atoms with Crippen molar-refractivity contribution < 1.29 is 17.9 Å². The van der Waals surface area contributed by atoms with Gasteiger partial charge in [-0.15, -0.1) is 0 Å². The van der Waals surface area contributed by atoms with Crippen LogP contribution >= 0.6 is 0 Å². The van der Waals surface area contributed by atoms with Crippen molar-refractivity contribution >= 4 is 15.9 Å². The number of carbonyl (C=O) groups excluding carboxylic acids is 1.